The molecule has 6 nitrogen and oxygen atoms in total. The van der Waals surface area contributed by atoms with Crippen molar-refractivity contribution in [3.63, 3.8) is 0 Å². The summed E-state index contributed by atoms with van der Waals surface area (Å²) in [7, 11) is 0. The number of nitrogens with zero attached hydrogens (tertiary/aromatic N) is 3. The highest BCUT2D eigenvalue weighted by Gasteiger charge is 2.14. The van der Waals surface area contributed by atoms with Gasteiger partial charge in [-0.1, -0.05) is 18.6 Å². The highest BCUT2D eigenvalue weighted by atomic mass is 16.2. The molecule has 2 aromatic heterocycles. The van der Waals surface area contributed by atoms with Crippen LogP contribution in [0.2, 0.25) is 0 Å². The lowest BCUT2D eigenvalue weighted by atomic mass is 10.2. The number of fused-ring (bicyclic) bond motifs is 3. The van der Waals surface area contributed by atoms with Crippen LogP contribution in [0.5, 0.6) is 0 Å². The molecule has 3 aromatic rings. The quantitative estimate of drug-likeness (QED) is 0.799. The molecular formula is C18H22N4O2. The number of carbonyl (C=O) groups is 1. The van der Waals surface area contributed by atoms with Crippen LogP contribution in [0.1, 0.15) is 31.7 Å². The van der Waals surface area contributed by atoms with Crippen molar-refractivity contribution in [3.8, 4) is 0 Å². The monoisotopic (exact) mass is 326 g/mol. The Morgan fingerprint density at radius 3 is 2.71 bits per heavy atom. The molecule has 0 spiro atoms. The van der Waals surface area contributed by atoms with Crippen molar-refractivity contribution in [3.05, 3.63) is 46.0 Å². The number of rotatable bonds is 4. The Bertz CT molecular complexity index is 984. The molecule has 0 saturated carbocycles. The summed E-state index contributed by atoms with van der Waals surface area (Å²) in [5.74, 6) is 0.481. The number of hydrogen-bond acceptors (Lipinski definition) is 3. The van der Waals surface area contributed by atoms with Crippen LogP contribution in [0.4, 0.5) is 0 Å². The number of benzene rings is 1. The van der Waals surface area contributed by atoms with Gasteiger partial charge in [0.05, 0.1) is 5.52 Å². The molecule has 0 fully saturated rings. The van der Waals surface area contributed by atoms with Gasteiger partial charge in [-0.25, -0.2) is 4.68 Å². The number of aryl methyl sites for hydroxylation is 2. The lowest BCUT2D eigenvalue weighted by molar-refractivity contribution is -0.122. The molecule has 0 bridgehead atoms. The molecule has 6 heteroatoms. The highest BCUT2D eigenvalue weighted by Crippen LogP contribution is 2.20. The van der Waals surface area contributed by atoms with Gasteiger partial charge in [-0.15, -0.1) is 0 Å². The molecule has 1 unspecified atom stereocenters. The Hall–Kier alpha value is -2.63. The van der Waals surface area contributed by atoms with Gasteiger partial charge >= 0.3 is 0 Å². The van der Waals surface area contributed by atoms with Crippen molar-refractivity contribution in [1.82, 2.24) is 19.5 Å². The largest absolute Gasteiger partial charge is 0.352 e. The Morgan fingerprint density at radius 2 is 2.00 bits per heavy atom. The van der Waals surface area contributed by atoms with Gasteiger partial charge in [-0.3, -0.25) is 14.0 Å². The molecule has 126 valence electrons. The molecular weight excluding hydrogens is 304 g/mol. The summed E-state index contributed by atoms with van der Waals surface area (Å²) in [6, 6.07) is 7.99. The second kappa shape index (κ2) is 6.11. The lowest BCUT2D eigenvalue weighted by Gasteiger charge is -2.12. The van der Waals surface area contributed by atoms with E-state index in [4.69, 9.17) is 0 Å². The fourth-order valence-corrected chi connectivity index (χ4v) is 2.90. The van der Waals surface area contributed by atoms with E-state index in [2.05, 4.69) is 10.4 Å². The van der Waals surface area contributed by atoms with E-state index in [1.165, 1.54) is 4.68 Å². The van der Waals surface area contributed by atoms with Gasteiger partial charge < -0.3 is 5.32 Å². The first kappa shape index (κ1) is 16.2. The van der Waals surface area contributed by atoms with E-state index in [0.29, 0.717) is 11.3 Å². The average Bonchev–Trinajstić information content (AvgIpc) is 2.91. The number of aromatic nitrogens is 3. The fraction of sp³-hybridized carbons (Fsp3) is 0.389. The third-order valence-corrected chi connectivity index (χ3v) is 4.31. The number of nitrogens with one attached hydrogen (secondary N) is 1. The number of carbonyl (C=O) groups excluding carboxylic acids is 1. The van der Waals surface area contributed by atoms with Crippen LogP contribution in [0.25, 0.3) is 16.4 Å². The topological polar surface area (TPSA) is 68.4 Å². The Balaban J connectivity index is 2.08. The van der Waals surface area contributed by atoms with Crippen LogP contribution in [0, 0.1) is 13.8 Å². The van der Waals surface area contributed by atoms with Crippen molar-refractivity contribution >= 4 is 22.3 Å². The van der Waals surface area contributed by atoms with Gasteiger partial charge in [0.25, 0.3) is 5.56 Å². The summed E-state index contributed by atoms with van der Waals surface area (Å²) >= 11 is 0. The smallest absolute Gasteiger partial charge is 0.291 e. The maximum atomic E-state index is 12.7. The van der Waals surface area contributed by atoms with Crippen LogP contribution < -0.4 is 10.9 Å². The minimum Gasteiger partial charge on any atom is -0.352 e. The maximum Gasteiger partial charge on any atom is 0.291 e. The first-order chi connectivity index (χ1) is 11.4. The highest BCUT2D eigenvalue weighted by molar-refractivity contribution is 5.87. The number of amides is 1. The van der Waals surface area contributed by atoms with Crippen LogP contribution in [-0.4, -0.2) is 26.1 Å². The molecule has 0 aliphatic heterocycles. The van der Waals surface area contributed by atoms with E-state index in [0.717, 1.165) is 22.9 Å². The predicted molar refractivity (Wildman–Crippen MR) is 94.3 cm³/mol. The SMILES string of the molecule is CCC(C)NC(=O)Cn1nc(C)n2c(cc3cc(C)ccc32)c1=O. The third kappa shape index (κ3) is 2.79. The summed E-state index contributed by atoms with van der Waals surface area (Å²) in [5.41, 5.74) is 2.37. The molecule has 3 rings (SSSR count). The average molecular weight is 326 g/mol. The van der Waals surface area contributed by atoms with E-state index in [-0.39, 0.29) is 24.1 Å². The van der Waals surface area contributed by atoms with Crippen LogP contribution in [-0.2, 0) is 11.3 Å². The summed E-state index contributed by atoms with van der Waals surface area (Å²) in [6.45, 7) is 7.73. The molecule has 1 atom stereocenters. The summed E-state index contributed by atoms with van der Waals surface area (Å²) in [4.78, 5) is 24.8. The van der Waals surface area contributed by atoms with Gasteiger partial charge in [0, 0.05) is 11.4 Å². The second-order valence-electron chi connectivity index (χ2n) is 6.31. The van der Waals surface area contributed by atoms with E-state index in [1.54, 1.807) is 0 Å². The molecule has 0 radical (unpaired) electrons. The van der Waals surface area contributed by atoms with E-state index < -0.39 is 0 Å². The number of hydrogen-bond donors (Lipinski definition) is 1. The first-order valence-corrected chi connectivity index (χ1v) is 8.19. The summed E-state index contributed by atoms with van der Waals surface area (Å²) in [6.07, 6.45) is 0.843. The summed E-state index contributed by atoms with van der Waals surface area (Å²) < 4.78 is 3.09. The van der Waals surface area contributed by atoms with Gasteiger partial charge in [-0.05, 0) is 45.4 Å². The van der Waals surface area contributed by atoms with Crippen molar-refractivity contribution < 1.29 is 4.79 Å². The third-order valence-electron chi connectivity index (χ3n) is 4.31. The van der Waals surface area contributed by atoms with Crippen molar-refractivity contribution in [2.75, 3.05) is 0 Å². The molecule has 1 amide bonds. The Labute approximate surface area is 140 Å². The standard InChI is InChI=1S/C18H22N4O2/c1-5-12(3)19-17(23)10-21-18(24)16-9-14-8-11(2)6-7-15(14)22(16)13(4)20-21/h6-9,12H,5,10H2,1-4H3,(H,19,23). The molecule has 24 heavy (non-hydrogen) atoms. The fourth-order valence-electron chi connectivity index (χ4n) is 2.90. The second-order valence-corrected chi connectivity index (χ2v) is 6.31. The molecule has 1 N–H and O–H groups in total. The van der Waals surface area contributed by atoms with Gasteiger partial charge in [0.2, 0.25) is 5.91 Å². The van der Waals surface area contributed by atoms with Crippen LogP contribution in [0.15, 0.2) is 29.1 Å². The van der Waals surface area contributed by atoms with Gasteiger partial charge in [0.15, 0.2) is 0 Å². The summed E-state index contributed by atoms with van der Waals surface area (Å²) in [5, 5.41) is 8.19. The van der Waals surface area contributed by atoms with Crippen LogP contribution >= 0.6 is 0 Å². The predicted octanol–water partition coefficient (Wildman–Crippen LogP) is 2.18. The zero-order valence-corrected chi connectivity index (χ0v) is 14.5. The maximum absolute atomic E-state index is 12.7. The van der Waals surface area contributed by atoms with Gasteiger partial charge in [0.1, 0.15) is 17.9 Å². The minimum atomic E-state index is -0.256. The molecule has 0 saturated heterocycles. The first-order valence-electron chi connectivity index (χ1n) is 8.19. The molecule has 0 aliphatic rings. The Kier molecular flexibility index (Phi) is 4.13. The van der Waals surface area contributed by atoms with Crippen molar-refractivity contribution in [2.45, 2.75) is 46.7 Å². The zero-order chi connectivity index (χ0) is 17.4. The van der Waals surface area contributed by atoms with E-state index in [9.17, 15) is 9.59 Å². The normalized spacial score (nSPS) is 12.7. The molecule has 2 heterocycles. The Morgan fingerprint density at radius 1 is 1.25 bits per heavy atom. The van der Waals surface area contributed by atoms with E-state index >= 15 is 0 Å². The van der Waals surface area contributed by atoms with Crippen molar-refractivity contribution in [1.29, 1.82) is 0 Å². The molecule has 1 aromatic carbocycles. The zero-order valence-electron chi connectivity index (χ0n) is 14.5. The van der Waals surface area contributed by atoms with Crippen LogP contribution in [0.3, 0.4) is 0 Å². The van der Waals surface area contributed by atoms with Crippen molar-refractivity contribution in [2.24, 2.45) is 0 Å². The molecule has 0 aliphatic carbocycles. The van der Waals surface area contributed by atoms with Gasteiger partial charge in [-0.2, -0.15) is 5.10 Å². The minimum absolute atomic E-state index is 0.0684. The lowest BCUT2D eigenvalue weighted by Crippen LogP contribution is -2.38. The van der Waals surface area contributed by atoms with E-state index in [1.807, 2.05) is 56.4 Å².